The second kappa shape index (κ2) is 8.88. The number of rotatable bonds is 8. The van der Waals surface area contributed by atoms with Crippen molar-refractivity contribution in [2.24, 2.45) is 0 Å². The second-order valence-corrected chi connectivity index (χ2v) is 4.35. The summed E-state index contributed by atoms with van der Waals surface area (Å²) in [5.41, 5.74) is 9.31. The zero-order chi connectivity index (χ0) is 14.8. The van der Waals surface area contributed by atoms with Gasteiger partial charge in [0.1, 0.15) is 11.3 Å². The molecule has 0 aliphatic carbocycles. The van der Waals surface area contributed by atoms with Gasteiger partial charge in [-0.05, 0) is 18.6 Å². The average Bonchev–Trinajstić information content (AvgIpc) is 2.48. The van der Waals surface area contributed by atoms with Crippen LogP contribution < -0.4 is 4.74 Å². The Hall–Kier alpha value is -2.13. The number of unbranched alkanes of at least 4 members (excludes halogenated alkanes) is 3. The van der Waals surface area contributed by atoms with Crippen LogP contribution >= 0.6 is 0 Å². The van der Waals surface area contributed by atoms with Crippen molar-refractivity contribution in [2.75, 3.05) is 13.7 Å². The molecule has 0 spiro atoms. The molecule has 0 bridgehead atoms. The Bertz CT molecular complexity index is 494. The van der Waals surface area contributed by atoms with Crippen LogP contribution in [0.25, 0.3) is 5.53 Å². The smallest absolute Gasteiger partial charge is 0.422 e. The van der Waals surface area contributed by atoms with Gasteiger partial charge in [-0.2, -0.15) is 4.79 Å². The minimum absolute atomic E-state index is 0.141. The lowest BCUT2D eigenvalue weighted by Gasteiger charge is -2.05. The molecule has 0 fully saturated rings. The fourth-order valence-electron chi connectivity index (χ4n) is 1.81. The number of methoxy groups -OCH3 is 1. The van der Waals surface area contributed by atoms with Crippen molar-refractivity contribution in [1.82, 2.24) is 0 Å². The third kappa shape index (κ3) is 4.52. The normalized spacial score (nSPS) is 9.70. The molecule has 5 heteroatoms. The molecule has 0 saturated heterocycles. The number of para-hydroxylation sites is 1. The van der Waals surface area contributed by atoms with Crippen LogP contribution in [0, 0.1) is 0 Å². The Morgan fingerprint density at radius 1 is 1.25 bits per heavy atom. The predicted molar refractivity (Wildman–Crippen MR) is 75.8 cm³/mol. The Morgan fingerprint density at radius 2 is 2.00 bits per heavy atom. The molecule has 1 aromatic rings. The monoisotopic (exact) mass is 276 g/mol. The molecular formula is C15H20N2O3. The standard InChI is InChI=1S/C15H20N2O3/c1-3-4-5-8-11-20-15(18)14(17-16)12-9-6-7-10-13(12)19-2/h6-7,9-10H,3-5,8,11H2,1-2H3. The Morgan fingerprint density at radius 3 is 2.65 bits per heavy atom. The summed E-state index contributed by atoms with van der Waals surface area (Å²) in [6.07, 6.45) is 4.07. The number of hydrogen-bond donors (Lipinski definition) is 0. The van der Waals surface area contributed by atoms with Crippen LogP contribution in [0.1, 0.15) is 38.2 Å². The summed E-state index contributed by atoms with van der Waals surface area (Å²) in [5, 5.41) is 0. The molecule has 0 unspecified atom stereocenters. The number of hydrogen-bond acceptors (Lipinski definition) is 3. The van der Waals surface area contributed by atoms with Gasteiger partial charge in [-0.1, -0.05) is 38.3 Å². The largest absolute Gasteiger partial charge is 0.496 e. The molecule has 0 N–H and O–H groups in total. The fourth-order valence-corrected chi connectivity index (χ4v) is 1.81. The number of esters is 1. The first-order chi connectivity index (χ1) is 9.74. The van der Waals surface area contributed by atoms with E-state index in [2.05, 4.69) is 11.7 Å². The summed E-state index contributed by atoms with van der Waals surface area (Å²) in [5.74, 6) is -0.184. The van der Waals surface area contributed by atoms with E-state index < -0.39 is 5.97 Å². The van der Waals surface area contributed by atoms with Crippen LogP contribution in [0.15, 0.2) is 24.3 Å². The highest BCUT2D eigenvalue weighted by atomic mass is 16.5. The van der Waals surface area contributed by atoms with E-state index in [1.54, 1.807) is 24.3 Å². The van der Waals surface area contributed by atoms with Crippen LogP contribution in [0.3, 0.4) is 0 Å². The third-order valence-corrected chi connectivity index (χ3v) is 2.89. The highest BCUT2D eigenvalue weighted by molar-refractivity contribution is 6.41. The molecule has 0 aliphatic rings. The van der Waals surface area contributed by atoms with Crippen LogP contribution in [-0.4, -0.2) is 30.2 Å². The lowest BCUT2D eigenvalue weighted by molar-refractivity contribution is -0.140. The number of carbonyl (C=O) groups is 1. The van der Waals surface area contributed by atoms with Crippen molar-refractivity contribution in [3.8, 4) is 5.75 Å². The SMILES string of the molecule is CCCCCCOC(=O)C(=[N+]=[N-])c1ccccc1OC. The van der Waals surface area contributed by atoms with E-state index in [4.69, 9.17) is 15.0 Å². The molecule has 0 aliphatic heterocycles. The Labute approximate surface area is 119 Å². The average molecular weight is 276 g/mol. The topological polar surface area (TPSA) is 71.9 Å². The van der Waals surface area contributed by atoms with Crippen molar-refractivity contribution in [2.45, 2.75) is 32.6 Å². The van der Waals surface area contributed by atoms with Crippen LogP contribution in [0.5, 0.6) is 5.75 Å². The molecular weight excluding hydrogens is 256 g/mol. The zero-order valence-electron chi connectivity index (χ0n) is 12.0. The van der Waals surface area contributed by atoms with Gasteiger partial charge in [0.25, 0.3) is 0 Å². The molecule has 1 aromatic carbocycles. The molecule has 0 aromatic heterocycles. The van der Waals surface area contributed by atoms with Gasteiger partial charge in [0.15, 0.2) is 0 Å². The van der Waals surface area contributed by atoms with Crippen LogP contribution in [0.2, 0.25) is 0 Å². The van der Waals surface area contributed by atoms with Gasteiger partial charge in [-0.3, -0.25) is 0 Å². The summed E-state index contributed by atoms with van der Waals surface area (Å²) >= 11 is 0. The quantitative estimate of drug-likeness (QED) is 0.241. The highest BCUT2D eigenvalue weighted by Gasteiger charge is 2.27. The minimum Gasteiger partial charge on any atom is -0.496 e. The van der Waals surface area contributed by atoms with Crippen molar-refractivity contribution >= 4 is 11.7 Å². The van der Waals surface area contributed by atoms with E-state index in [9.17, 15) is 4.79 Å². The maximum Gasteiger partial charge on any atom is 0.422 e. The van der Waals surface area contributed by atoms with Gasteiger partial charge in [0, 0.05) is 0 Å². The summed E-state index contributed by atoms with van der Waals surface area (Å²) in [6, 6.07) is 6.84. The number of carbonyl (C=O) groups excluding carboxylic acids is 1. The molecule has 0 saturated carbocycles. The lowest BCUT2D eigenvalue weighted by Crippen LogP contribution is -2.21. The Kier molecular flexibility index (Phi) is 7.07. The van der Waals surface area contributed by atoms with Gasteiger partial charge >= 0.3 is 11.7 Å². The second-order valence-electron chi connectivity index (χ2n) is 4.35. The number of benzene rings is 1. The van der Waals surface area contributed by atoms with Gasteiger partial charge in [0.05, 0.1) is 13.7 Å². The van der Waals surface area contributed by atoms with Crippen molar-refractivity contribution in [3.05, 3.63) is 35.4 Å². The first-order valence-corrected chi connectivity index (χ1v) is 6.77. The van der Waals surface area contributed by atoms with E-state index >= 15 is 0 Å². The molecule has 0 atom stereocenters. The summed E-state index contributed by atoms with van der Waals surface area (Å²) in [4.78, 5) is 15.0. The van der Waals surface area contributed by atoms with Crippen LogP contribution in [-0.2, 0) is 9.53 Å². The van der Waals surface area contributed by atoms with Crippen LogP contribution in [0.4, 0.5) is 0 Å². The van der Waals surface area contributed by atoms with Crippen molar-refractivity contribution in [3.63, 3.8) is 0 Å². The lowest BCUT2D eigenvalue weighted by atomic mass is 10.1. The Balaban J connectivity index is 2.67. The molecule has 5 nitrogen and oxygen atoms in total. The van der Waals surface area contributed by atoms with E-state index in [0.29, 0.717) is 17.9 Å². The van der Waals surface area contributed by atoms with Gasteiger partial charge in [-0.25, -0.2) is 4.79 Å². The maximum absolute atomic E-state index is 11.9. The van der Waals surface area contributed by atoms with E-state index in [1.807, 2.05) is 0 Å². The summed E-state index contributed by atoms with van der Waals surface area (Å²) in [6.45, 7) is 2.44. The van der Waals surface area contributed by atoms with E-state index in [0.717, 1.165) is 25.7 Å². The van der Waals surface area contributed by atoms with E-state index in [-0.39, 0.29) is 5.71 Å². The molecule has 20 heavy (non-hydrogen) atoms. The fraction of sp³-hybridized carbons (Fsp3) is 0.467. The van der Waals surface area contributed by atoms with Gasteiger partial charge < -0.3 is 15.0 Å². The van der Waals surface area contributed by atoms with Crippen molar-refractivity contribution < 1.29 is 19.1 Å². The summed E-state index contributed by atoms with van der Waals surface area (Å²) in [7, 11) is 1.49. The molecule has 0 heterocycles. The maximum atomic E-state index is 11.9. The molecule has 0 amide bonds. The van der Waals surface area contributed by atoms with E-state index in [1.165, 1.54) is 7.11 Å². The minimum atomic E-state index is -0.645. The molecule has 108 valence electrons. The predicted octanol–water partition coefficient (Wildman–Crippen LogP) is 2.84. The molecule has 0 radical (unpaired) electrons. The molecule has 1 rings (SSSR count). The highest BCUT2D eigenvalue weighted by Crippen LogP contribution is 2.18. The number of nitrogens with zero attached hydrogens (tertiary/aromatic N) is 2. The number of ether oxygens (including phenoxy) is 2. The zero-order valence-corrected chi connectivity index (χ0v) is 12.0. The summed E-state index contributed by atoms with van der Waals surface area (Å²) < 4.78 is 10.2. The van der Waals surface area contributed by atoms with Gasteiger partial charge in [-0.15, -0.1) is 0 Å². The van der Waals surface area contributed by atoms with Crippen molar-refractivity contribution in [1.29, 1.82) is 0 Å². The first kappa shape index (κ1) is 15.9. The first-order valence-electron chi connectivity index (χ1n) is 6.77. The third-order valence-electron chi connectivity index (χ3n) is 2.89. The van der Waals surface area contributed by atoms with Gasteiger partial charge in [0.2, 0.25) is 0 Å².